The highest BCUT2D eigenvalue weighted by atomic mass is 32.1. The Morgan fingerprint density at radius 1 is 0.884 bits per heavy atom. The molecule has 232 valence electrons. The molecule has 2 aromatic carbocycles. The number of hydrogen-bond donors (Lipinski definition) is 3. The molecule has 2 aromatic rings. The van der Waals surface area contributed by atoms with Gasteiger partial charge in [0.15, 0.2) is 0 Å². The first-order chi connectivity index (χ1) is 20.1. The van der Waals surface area contributed by atoms with E-state index in [1.165, 1.54) is 4.90 Å². The monoisotopic (exact) mass is 609 g/mol. The highest BCUT2D eigenvalue weighted by Gasteiger charge is 2.38. The van der Waals surface area contributed by atoms with Crippen LogP contribution in [0.1, 0.15) is 71.2 Å². The third-order valence-corrected chi connectivity index (χ3v) is 6.42. The lowest BCUT2D eigenvalue weighted by Gasteiger charge is -2.34. The number of thiol groups is 1. The van der Waals surface area contributed by atoms with Crippen molar-refractivity contribution in [3.63, 3.8) is 0 Å². The summed E-state index contributed by atoms with van der Waals surface area (Å²) in [6, 6.07) is 12.5. The molecule has 0 aliphatic rings. The van der Waals surface area contributed by atoms with Gasteiger partial charge in [-0.3, -0.25) is 9.59 Å². The Balaban J connectivity index is 2.54. The molecule has 3 amide bonds. The van der Waals surface area contributed by atoms with E-state index in [9.17, 15) is 19.2 Å². The number of likely N-dealkylation sites (N-methyl/N-ethyl adjacent to an activating group) is 1. The van der Waals surface area contributed by atoms with Gasteiger partial charge in [0.05, 0.1) is 0 Å². The Bertz CT molecular complexity index is 1310. The summed E-state index contributed by atoms with van der Waals surface area (Å²) >= 11 is 4.29. The van der Waals surface area contributed by atoms with Gasteiger partial charge in [-0.2, -0.15) is 12.6 Å². The summed E-state index contributed by atoms with van der Waals surface area (Å²) in [5.41, 5.74) is -0.00392. The molecule has 2 rings (SSSR count). The van der Waals surface area contributed by atoms with Crippen LogP contribution in [0, 0.1) is 12.3 Å². The van der Waals surface area contributed by atoms with Crippen LogP contribution in [-0.4, -0.2) is 64.4 Å². The van der Waals surface area contributed by atoms with Crippen molar-refractivity contribution in [3.05, 3.63) is 71.3 Å². The number of rotatable bonds is 11. The lowest BCUT2D eigenvalue weighted by atomic mass is 9.97. The van der Waals surface area contributed by atoms with Gasteiger partial charge in [0.25, 0.3) is 0 Å². The number of amides is 3. The zero-order chi connectivity index (χ0) is 32.4. The number of benzene rings is 2. The Morgan fingerprint density at radius 3 is 2.00 bits per heavy atom. The minimum Gasteiger partial charge on any atom is -0.458 e. The maximum Gasteiger partial charge on any atom is 0.408 e. The van der Waals surface area contributed by atoms with Gasteiger partial charge in [0, 0.05) is 24.3 Å². The van der Waals surface area contributed by atoms with Crippen molar-refractivity contribution in [2.24, 2.45) is 0 Å². The quantitative estimate of drug-likeness (QED) is 0.197. The zero-order valence-corrected chi connectivity index (χ0v) is 26.9. The molecule has 0 spiro atoms. The summed E-state index contributed by atoms with van der Waals surface area (Å²) in [7, 11) is 0. The van der Waals surface area contributed by atoms with Gasteiger partial charge in [-0.15, -0.1) is 6.42 Å². The van der Waals surface area contributed by atoms with Gasteiger partial charge in [0.2, 0.25) is 11.8 Å². The van der Waals surface area contributed by atoms with Crippen molar-refractivity contribution in [3.8, 4) is 12.3 Å². The third kappa shape index (κ3) is 11.0. The molecule has 0 fully saturated rings. The van der Waals surface area contributed by atoms with Crippen LogP contribution in [0.3, 0.4) is 0 Å². The number of nitrogens with one attached hydrogen (secondary N) is 2. The highest BCUT2D eigenvalue weighted by Crippen LogP contribution is 2.26. The van der Waals surface area contributed by atoms with E-state index in [-0.39, 0.29) is 18.7 Å². The zero-order valence-electron chi connectivity index (χ0n) is 26.0. The van der Waals surface area contributed by atoms with Crippen LogP contribution in [0.2, 0.25) is 0 Å². The number of hydrogen-bond acceptors (Lipinski definition) is 7. The summed E-state index contributed by atoms with van der Waals surface area (Å²) in [4.78, 5) is 55.3. The summed E-state index contributed by atoms with van der Waals surface area (Å²) < 4.78 is 11.0. The average molecular weight is 610 g/mol. The summed E-state index contributed by atoms with van der Waals surface area (Å²) in [6.45, 7) is 12.1. The van der Waals surface area contributed by atoms with Crippen molar-refractivity contribution in [1.29, 1.82) is 0 Å². The Hall–Kier alpha value is -3.97. The van der Waals surface area contributed by atoms with E-state index >= 15 is 0 Å². The number of alkyl carbamates (subject to hydrolysis) is 1. The average Bonchev–Trinajstić information content (AvgIpc) is 2.92. The van der Waals surface area contributed by atoms with E-state index in [0.29, 0.717) is 11.1 Å². The Labute approximate surface area is 260 Å². The first-order valence-corrected chi connectivity index (χ1v) is 14.8. The predicted molar refractivity (Wildman–Crippen MR) is 169 cm³/mol. The molecular weight excluding hydrogens is 566 g/mol. The molecule has 3 atom stereocenters. The van der Waals surface area contributed by atoms with Gasteiger partial charge < -0.3 is 25.0 Å². The Kier molecular flexibility index (Phi) is 12.7. The molecule has 0 bridgehead atoms. The fourth-order valence-corrected chi connectivity index (χ4v) is 4.53. The number of carbonyl (C=O) groups is 4. The van der Waals surface area contributed by atoms with E-state index in [1.54, 1.807) is 72.7 Å². The molecule has 0 saturated heterocycles. The van der Waals surface area contributed by atoms with Gasteiger partial charge in [-0.1, -0.05) is 54.5 Å². The highest BCUT2D eigenvalue weighted by molar-refractivity contribution is 7.80. The van der Waals surface area contributed by atoms with Gasteiger partial charge in [-0.25, -0.2) is 9.59 Å². The van der Waals surface area contributed by atoms with E-state index < -0.39 is 53.2 Å². The fraction of sp³-hybridized carbons (Fsp3) is 0.455. The lowest BCUT2D eigenvalue weighted by Crippen LogP contribution is -2.55. The standard InChI is InChI=1S/C33H43N3O6S/c1-9-23-18-14-15-19-24(23)27(36(10-2)29(38)26(21-43)35-31(40)42-33(6,7)8)28(37)34-25(30(39)41-32(3,4)5)20-22-16-12-11-13-17-22/h1,11-19,25-27,43H,10,20-21H2,2-8H3,(H,34,37)(H,35,40). The molecule has 9 nitrogen and oxygen atoms in total. The molecule has 0 radical (unpaired) electrons. The molecule has 43 heavy (non-hydrogen) atoms. The van der Waals surface area contributed by atoms with Crippen molar-refractivity contribution < 1.29 is 28.7 Å². The number of esters is 1. The van der Waals surface area contributed by atoms with Crippen molar-refractivity contribution in [1.82, 2.24) is 15.5 Å². The molecular formula is C33H43N3O6S. The summed E-state index contributed by atoms with van der Waals surface area (Å²) in [6.07, 6.45) is 5.15. The predicted octanol–water partition coefficient (Wildman–Crippen LogP) is 4.45. The van der Waals surface area contributed by atoms with Crippen molar-refractivity contribution in [2.75, 3.05) is 12.3 Å². The minimum absolute atomic E-state index is 0.0613. The van der Waals surface area contributed by atoms with E-state index in [4.69, 9.17) is 15.9 Å². The number of ether oxygens (including phenoxy) is 2. The molecule has 0 aromatic heterocycles. The Morgan fingerprint density at radius 2 is 1.47 bits per heavy atom. The van der Waals surface area contributed by atoms with Crippen molar-refractivity contribution >= 4 is 36.5 Å². The van der Waals surface area contributed by atoms with Crippen LogP contribution in [0.15, 0.2) is 54.6 Å². The first-order valence-electron chi connectivity index (χ1n) is 14.1. The van der Waals surface area contributed by atoms with Crippen LogP contribution < -0.4 is 10.6 Å². The molecule has 0 heterocycles. The van der Waals surface area contributed by atoms with Crippen LogP contribution in [0.5, 0.6) is 0 Å². The first kappa shape index (κ1) is 35.2. The lowest BCUT2D eigenvalue weighted by molar-refractivity contribution is -0.159. The topological polar surface area (TPSA) is 114 Å². The van der Waals surface area contributed by atoms with Gasteiger partial charge >= 0.3 is 12.1 Å². The van der Waals surface area contributed by atoms with E-state index in [0.717, 1.165) is 5.56 Å². The number of nitrogens with zero attached hydrogens (tertiary/aromatic N) is 1. The van der Waals surface area contributed by atoms with Crippen LogP contribution in [-0.2, 0) is 30.3 Å². The summed E-state index contributed by atoms with van der Waals surface area (Å²) in [5.74, 6) is 0.683. The minimum atomic E-state index is -1.24. The summed E-state index contributed by atoms with van der Waals surface area (Å²) in [5, 5.41) is 5.38. The molecule has 10 heteroatoms. The van der Waals surface area contributed by atoms with Crippen LogP contribution >= 0.6 is 12.6 Å². The smallest absolute Gasteiger partial charge is 0.408 e. The second-order valence-electron chi connectivity index (χ2n) is 11.9. The van der Waals surface area contributed by atoms with E-state index in [1.807, 2.05) is 30.3 Å². The number of carbonyl (C=O) groups excluding carboxylic acids is 4. The molecule has 2 N–H and O–H groups in total. The molecule has 0 saturated carbocycles. The van der Waals surface area contributed by atoms with Gasteiger partial charge in [0.1, 0.15) is 29.3 Å². The van der Waals surface area contributed by atoms with E-state index in [2.05, 4.69) is 29.2 Å². The fourth-order valence-electron chi connectivity index (χ4n) is 4.29. The maximum absolute atomic E-state index is 14.2. The normalized spacial score (nSPS) is 13.5. The second-order valence-corrected chi connectivity index (χ2v) is 12.3. The maximum atomic E-state index is 14.2. The van der Waals surface area contributed by atoms with Crippen LogP contribution in [0.25, 0.3) is 0 Å². The molecule has 3 unspecified atom stereocenters. The third-order valence-electron chi connectivity index (χ3n) is 6.06. The van der Waals surface area contributed by atoms with Gasteiger partial charge in [-0.05, 0) is 65.7 Å². The van der Waals surface area contributed by atoms with Crippen LogP contribution in [0.4, 0.5) is 4.79 Å². The SMILES string of the molecule is C#Cc1ccccc1C(C(=O)NC(Cc1ccccc1)C(=O)OC(C)(C)C)N(CC)C(=O)C(CS)NC(=O)OC(C)(C)C. The largest absolute Gasteiger partial charge is 0.458 e. The van der Waals surface area contributed by atoms with Crippen molar-refractivity contribution in [2.45, 2.75) is 84.2 Å². The molecule has 0 aliphatic heterocycles. The molecule has 0 aliphatic carbocycles. The second kappa shape index (κ2) is 15.5. The number of terminal acetylenes is 1.